The number of carbonyl (C=O) groups is 2. The summed E-state index contributed by atoms with van der Waals surface area (Å²) in [5.41, 5.74) is 2.40. The van der Waals surface area contributed by atoms with Gasteiger partial charge in [-0.25, -0.2) is 0 Å². The van der Waals surface area contributed by atoms with Gasteiger partial charge < -0.3 is 10.6 Å². The SMILES string of the molecule is N#CCC(=O)NCc1ccc(NC(=O)/C=C/c2ccc(Cl)cc2)cc1. The van der Waals surface area contributed by atoms with Crippen molar-refractivity contribution in [2.24, 2.45) is 0 Å². The average Bonchev–Trinajstić information content (AvgIpc) is 2.61. The van der Waals surface area contributed by atoms with E-state index in [1.165, 1.54) is 6.08 Å². The van der Waals surface area contributed by atoms with Crippen molar-refractivity contribution < 1.29 is 9.59 Å². The highest BCUT2D eigenvalue weighted by molar-refractivity contribution is 6.30. The van der Waals surface area contributed by atoms with Crippen LogP contribution < -0.4 is 10.6 Å². The summed E-state index contributed by atoms with van der Waals surface area (Å²) >= 11 is 5.81. The van der Waals surface area contributed by atoms with Gasteiger partial charge in [-0.05, 0) is 41.5 Å². The third-order valence-corrected chi connectivity index (χ3v) is 3.50. The van der Waals surface area contributed by atoms with Crippen molar-refractivity contribution in [2.75, 3.05) is 5.32 Å². The summed E-state index contributed by atoms with van der Waals surface area (Å²) in [6, 6.07) is 16.0. The van der Waals surface area contributed by atoms with Crippen LogP contribution in [0, 0.1) is 11.3 Å². The first-order valence-corrected chi connectivity index (χ1v) is 7.92. The topological polar surface area (TPSA) is 82.0 Å². The summed E-state index contributed by atoms with van der Waals surface area (Å²) in [7, 11) is 0. The second kappa shape index (κ2) is 9.26. The lowest BCUT2D eigenvalue weighted by molar-refractivity contribution is -0.120. The lowest BCUT2D eigenvalue weighted by Crippen LogP contribution is -2.21. The highest BCUT2D eigenvalue weighted by atomic mass is 35.5. The van der Waals surface area contributed by atoms with Crippen LogP contribution in [0.15, 0.2) is 54.6 Å². The predicted octanol–water partition coefficient (Wildman–Crippen LogP) is 3.52. The van der Waals surface area contributed by atoms with Crippen molar-refractivity contribution in [1.82, 2.24) is 5.32 Å². The van der Waals surface area contributed by atoms with Crippen molar-refractivity contribution in [1.29, 1.82) is 5.26 Å². The van der Waals surface area contributed by atoms with Gasteiger partial charge in [0.15, 0.2) is 0 Å². The largest absolute Gasteiger partial charge is 0.351 e. The van der Waals surface area contributed by atoms with Gasteiger partial charge in [-0.3, -0.25) is 9.59 Å². The van der Waals surface area contributed by atoms with Crippen LogP contribution in [0.5, 0.6) is 0 Å². The van der Waals surface area contributed by atoms with Gasteiger partial charge in [0, 0.05) is 23.3 Å². The molecule has 0 bridgehead atoms. The number of nitrogens with one attached hydrogen (secondary N) is 2. The first-order valence-electron chi connectivity index (χ1n) is 7.54. The number of hydrogen-bond acceptors (Lipinski definition) is 3. The second-order valence-electron chi connectivity index (χ2n) is 5.18. The molecule has 0 spiro atoms. The Morgan fingerprint density at radius 1 is 1.08 bits per heavy atom. The molecule has 0 radical (unpaired) electrons. The minimum atomic E-state index is -0.313. The fourth-order valence-electron chi connectivity index (χ4n) is 1.97. The molecule has 0 fully saturated rings. The van der Waals surface area contributed by atoms with E-state index in [-0.39, 0.29) is 18.2 Å². The monoisotopic (exact) mass is 353 g/mol. The molecule has 0 atom stereocenters. The summed E-state index contributed by atoms with van der Waals surface area (Å²) in [6.07, 6.45) is 2.98. The first-order chi connectivity index (χ1) is 12.1. The van der Waals surface area contributed by atoms with Gasteiger partial charge in [-0.2, -0.15) is 5.26 Å². The summed E-state index contributed by atoms with van der Waals surface area (Å²) < 4.78 is 0. The zero-order valence-electron chi connectivity index (χ0n) is 13.3. The number of rotatable bonds is 6. The molecule has 25 heavy (non-hydrogen) atoms. The van der Waals surface area contributed by atoms with Gasteiger partial charge in [0.1, 0.15) is 6.42 Å². The van der Waals surface area contributed by atoms with Crippen LogP contribution in [0.1, 0.15) is 17.5 Å². The number of hydrogen-bond donors (Lipinski definition) is 2. The molecule has 0 aliphatic heterocycles. The van der Waals surface area contributed by atoms with E-state index >= 15 is 0 Å². The molecular weight excluding hydrogens is 338 g/mol. The lowest BCUT2D eigenvalue weighted by Gasteiger charge is -2.06. The zero-order valence-corrected chi connectivity index (χ0v) is 14.1. The zero-order chi connectivity index (χ0) is 18.1. The number of nitriles is 1. The summed E-state index contributed by atoms with van der Waals surface area (Å²) in [6.45, 7) is 0.339. The van der Waals surface area contributed by atoms with Gasteiger partial charge in [0.05, 0.1) is 6.07 Å². The minimum absolute atomic E-state index is 0.159. The van der Waals surface area contributed by atoms with Crippen molar-refractivity contribution in [3.63, 3.8) is 0 Å². The molecule has 0 heterocycles. The van der Waals surface area contributed by atoms with Crippen LogP contribution in [0.4, 0.5) is 5.69 Å². The van der Waals surface area contributed by atoms with E-state index in [1.54, 1.807) is 48.5 Å². The Labute approximate surface area is 150 Å². The number of amides is 2. The fraction of sp³-hybridized carbons (Fsp3) is 0.105. The quantitative estimate of drug-likeness (QED) is 0.779. The standard InChI is InChI=1S/C19H16ClN3O2/c20-16-6-1-14(2-7-16)5-10-19(25)23-17-8-3-15(4-9-17)13-22-18(24)11-12-21/h1-10H,11,13H2,(H,22,24)(H,23,25)/b10-5+. The molecule has 0 aliphatic carbocycles. The van der Waals surface area contributed by atoms with Gasteiger partial charge >= 0.3 is 0 Å². The molecule has 0 saturated heterocycles. The molecular formula is C19H16ClN3O2. The summed E-state index contributed by atoms with van der Waals surface area (Å²) in [5.74, 6) is -0.558. The van der Waals surface area contributed by atoms with E-state index < -0.39 is 0 Å². The maximum atomic E-state index is 11.9. The number of halogens is 1. The average molecular weight is 354 g/mol. The van der Waals surface area contributed by atoms with E-state index in [9.17, 15) is 9.59 Å². The van der Waals surface area contributed by atoms with Crippen molar-refractivity contribution in [3.8, 4) is 6.07 Å². The molecule has 6 heteroatoms. The molecule has 2 aromatic rings. The smallest absolute Gasteiger partial charge is 0.248 e. The van der Waals surface area contributed by atoms with E-state index in [0.717, 1.165) is 11.1 Å². The maximum absolute atomic E-state index is 11.9. The number of nitrogens with zero attached hydrogens (tertiary/aromatic N) is 1. The van der Waals surface area contributed by atoms with Gasteiger partial charge in [0.2, 0.25) is 11.8 Å². The van der Waals surface area contributed by atoms with Crippen molar-refractivity contribution in [3.05, 3.63) is 70.8 Å². The fourth-order valence-corrected chi connectivity index (χ4v) is 2.10. The molecule has 2 N–H and O–H groups in total. The van der Waals surface area contributed by atoms with E-state index in [0.29, 0.717) is 17.3 Å². The molecule has 2 rings (SSSR count). The Hall–Kier alpha value is -3.10. The minimum Gasteiger partial charge on any atom is -0.351 e. The van der Waals surface area contributed by atoms with Crippen molar-refractivity contribution in [2.45, 2.75) is 13.0 Å². The summed E-state index contributed by atoms with van der Waals surface area (Å²) in [5, 5.41) is 14.5. The highest BCUT2D eigenvalue weighted by Crippen LogP contribution is 2.12. The number of carbonyl (C=O) groups excluding carboxylic acids is 2. The van der Waals surface area contributed by atoms with Crippen LogP contribution in [0.25, 0.3) is 6.08 Å². The first kappa shape index (κ1) is 18.2. The third kappa shape index (κ3) is 6.50. The van der Waals surface area contributed by atoms with E-state index in [2.05, 4.69) is 10.6 Å². The highest BCUT2D eigenvalue weighted by Gasteiger charge is 2.01. The normalized spacial score (nSPS) is 10.2. The molecule has 2 aromatic carbocycles. The van der Waals surface area contributed by atoms with E-state index in [1.807, 2.05) is 12.1 Å². The Kier molecular flexibility index (Phi) is 6.76. The van der Waals surface area contributed by atoms with Gasteiger partial charge in [-0.15, -0.1) is 0 Å². The maximum Gasteiger partial charge on any atom is 0.248 e. The van der Waals surface area contributed by atoms with Crippen LogP contribution in [-0.4, -0.2) is 11.8 Å². The van der Waals surface area contributed by atoms with Gasteiger partial charge in [-0.1, -0.05) is 35.9 Å². The van der Waals surface area contributed by atoms with E-state index in [4.69, 9.17) is 16.9 Å². The molecule has 0 unspecified atom stereocenters. The predicted molar refractivity (Wildman–Crippen MR) is 97.6 cm³/mol. The Balaban J connectivity index is 1.85. The Morgan fingerprint density at radius 3 is 2.40 bits per heavy atom. The van der Waals surface area contributed by atoms with Crippen LogP contribution in [0.2, 0.25) is 5.02 Å². The molecule has 0 aliphatic rings. The van der Waals surface area contributed by atoms with Crippen LogP contribution in [0.3, 0.4) is 0 Å². The summed E-state index contributed by atoms with van der Waals surface area (Å²) in [4.78, 5) is 23.1. The van der Waals surface area contributed by atoms with Crippen molar-refractivity contribution >= 4 is 35.2 Å². The van der Waals surface area contributed by atoms with Gasteiger partial charge in [0.25, 0.3) is 0 Å². The molecule has 2 amide bonds. The van der Waals surface area contributed by atoms with Crippen LogP contribution in [-0.2, 0) is 16.1 Å². The third-order valence-electron chi connectivity index (χ3n) is 3.25. The second-order valence-corrected chi connectivity index (χ2v) is 5.62. The molecule has 0 aromatic heterocycles. The molecule has 0 saturated carbocycles. The number of benzene rings is 2. The Morgan fingerprint density at radius 2 is 1.76 bits per heavy atom. The van der Waals surface area contributed by atoms with Crippen LogP contribution >= 0.6 is 11.6 Å². The number of anilines is 1. The Bertz CT molecular complexity index is 806. The lowest BCUT2D eigenvalue weighted by atomic mass is 10.2. The molecule has 5 nitrogen and oxygen atoms in total. The molecule has 126 valence electrons.